The van der Waals surface area contributed by atoms with E-state index in [0.717, 1.165) is 7.11 Å². The van der Waals surface area contributed by atoms with Gasteiger partial charge in [-0.25, -0.2) is 9.59 Å². The molecule has 0 aromatic heterocycles. The molecule has 472 valence electrons. The van der Waals surface area contributed by atoms with Crippen molar-refractivity contribution < 1.29 is 101 Å². The zero-order chi connectivity index (χ0) is 61.9. The van der Waals surface area contributed by atoms with Crippen molar-refractivity contribution in [1.82, 2.24) is 5.32 Å². The molecule has 9 rings (SSSR count). The summed E-state index contributed by atoms with van der Waals surface area (Å²) >= 11 is 0. The van der Waals surface area contributed by atoms with Gasteiger partial charge in [0.25, 0.3) is 0 Å². The molecular weight excluding hydrogens is 1110 g/mol. The topological polar surface area (TPSA) is 323 Å². The van der Waals surface area contributed by atoms with E-state index >= 15 is 4.79 Å². The minimum atomic E-state index is -2.20. The smallest absolute Gasteiger partial charge is 0.407 e. The van der Waals surface area contributed by atoms with Crippen molar-refractivity contribution in [3.8, 4) is 0 Å². The van der Waals surface area contributed by atoms with E-state index < -0.39 is 191 Å². The van der Waals surface area contributed by atoms with E-state index in [2.05, 4.69) is 19.2 Å². The number of hydrogen-bond donors (Lipinski definition) is 5. The van der Waals surface area contributed by atoms with Gasteiger partial charge in [0.05, 0.1) is 74.4 Å². The van der Waals surface area contributed by atoms with Gasteiger partial charge in [0.1, 0.15) is 35.9 Å². The fraction of sp³-hybridized carbons (Fsp3) is 0.754. The van der Waals surface area contributed by atoms with E-state index in [1.54, 1.807) is 40.7 Å². The van der Waals surface area contributed by atoms with Gasteiger partial charge in [0.2, 0.25) is 11.3 Å². The second-order valence-corrected chi connectivity index (χ2v) is 25.7. The molecule has 0 radical (unpaired) electrons. The Hall–Kier alpha value is -4.99. The summed E-state index contributed by atoms with van der Waals surface area (Å²) in [5.74, 6) is -6.54. The van der Waals surface area contributed by atoms with Crippen LogP contribution in [0.3, 0.4) is 0 Å². The van der Waals surface area contributed by atoms with Crippen molar-refractivity contribution in [1.29, 1.82) is 0 Å². The zero-order valence-electron chi connectivity index (χ0n) is 50.5. The van der Waals surface area contributed by atoms with Crippen LogP contribution in [-0.2, 0) is 71.3 Å². The summed E-state index contributed by atoms with van der Waals surface area (Å²) in [6.45, 7) is 19.0. The lowest BCUT2D eigenvalue weighted by Gasteiger charge is -2.56. The lowest BCUT2D eigenvalue weighted by molar-refractivity contribution is -0.584. The molecular formula is C61H86N2O22. The summed E-state index contributed by atoms with van der Waals surface area (Å²) in [5.41, 5.74) is -4.93. The Kier molecular flexibility index (Phi) is 19.2. The lowest BCUT2D eigenvalue weighted by Crippen LogP contribution is -2.65. The molecule has 5 saturated heterocycles. The second kappa shape index (κ2) is 25.2. The normalized spacial score (nSPS) is 46.4. The van der Waals surface area contributed by atoms with Gasteiger partial charge < -0.3 is 77.8 Å². The average Bonchev–Trinajstić information content (AvgIpc) is 1.71. The predicted octanol–water partition coefficient (Wildman–Crippen LogP) is 5.45. The lowest BCUT2D eigenvalue weighted by atomic mass is 9.49. The highest BCUT2D eigenvalue weighted by Crippen LogP contribution is 2.61. The van der Waals surface area contributed by atoms with Crippen molar-refractivity contribution in [2.75, 3.05) is 7.11 Å². The summed E-state index contributed by atoms with van der Waals surface area (Å²) in [7, 11) is 1.14. The molecule has 1 saturated carbocycles. The predicted molar refractivity (Wildman–Crippen MR) is 297 cm³/mol. The number of carbonyl (C=O) groups excluding carboxylic acids is 5. The highest BCUT2D eigenvalue weighted by molar-refractivity contribution is 6.26. The van der Waals surface area contributed by atoms with Gasteiger partial charge in [-0.15, -0.1) is 0 Å². The van der Waals surface area contributed by atoms with E-state index in [4.69, 9.17) is 52.1 Å². The first-order chi connectivity index (χ1) is 40.0. The minimum absolute atomic E-state index is 0.00427. The molecule has 85 heavy (non-hydrogen) atoms. The van der Waals surface area contributed by atoms with Gasteiger partial charge in [-0.1, -0.05) is 50.6 Å². The Morgan fingerprint density at radius 2 is 1.45 bits per heavy atom. The summed E-state index contributed by atoms with van der Waals surface area (Å²) in [6, 6.07) is -1.12. The van der Waals surface area contributed by atoms with E-state index in [9.17, 15) is 49.7 Å². The highest BCUT2D eigenvalue weighted by atomic mass is 16.7. The van der Waals surface area contributed by atoms with Gasteiger partial charge in [0, 0.05) is 61.7 Å². The maximum absolute atomic E-state index is 15.5. The van der Waals surface area contributed by atoms with Crippen molar-refractivity contribution in [3.05, 3.63) is 68.5 Å². The van der Waals surface area contributed by atoms with Gasteiger partial charge in [0.15, 0.2) is 36.9 Å². The number of aldehydes is 1. The van der Waals surface area contributed by atoms with Crippen LogP contribution in [0.15, 0.2) is 58.4 Å². The second-order valence-electron chi connectivity index (χ2n) is 25.7. The summed E-state index contributed by atoms with van der Waals surface area (Å²) in [6.07, 6.45) is -4.66. The Balaban J connectivity index is 1.04. The van der Waals surface area contributed by atoms with E-state index in [1.807, 2.05) is 32.1 Å². The summed E-state index contributed by atoms with van der Waals surface area (Å²) in [5, 5.41) is 62.1. The number of aliphatic hydroxyl groups excluding tert-OH is 4. The molecule has 5 aliphatic heterocycles. The van der Waals surface area contributed by atoms with Crippen LogP contribution in [0.4, 0.5) is 4.79 Å². The minimum Gasteiger partial charge on any atom is -0.511 e. The van der Waals surface area contributed by atoms with Crippen molar-refractivity contribution in [2.24, 2.45) is 40.9 Å². The summed E-state index contributed by atoms with van der Waals surface area (Å²) in [4.78, 5) is 80.1. The maximum atomic E-state index is 15.5. The number of nitro groups is 1. The number of rotatable bonds is 12. The Bertz CT molecular complexity index is 2720. The largest absolute Gasteiger partial charge is 0.511 e. The standard InChI is InChI=1S/C61H86N2O22/c1-27-13-17-43(81-48-25-59(10,63(73)74)54(34(8)79-48)62-58(72)75-12)28(2)20-39-41(67)21-36(26-64)24-61(39)56(70)49(57(71)85-61)55(69)60(11)38(27)15-14-37-50(60)29(3)19-30(4)51(37)84-47-23-44(53(33(7)78-47)80-35(9)65)82-46-22-42(68)52(32(6)77-46)83-45-18-16-40(66)31(5)76-45/h13-15,20-21,26,29-34,37-48,50-54,66-69H,16-19,22-25H2,1-12H3,(H,62,72)/b27-13+,28-20?,55-49?/t29-,30+,31-,32-,33-,34-,37?,38+,39+,40+,41-,42-,43+,44-,45-,46-,47-,48-,50+,51-,52-,53-,54-,59?,60-,61?/m0/s1. The number of amides is 1. The van der Waals surface area contributed by atoms with Crippen LogP contribution in [-0.4, -0.2) is 178 Å². The molecule has 5 heterocycles. The van der Waals surface area contributed by atoms with Gasteiger partial charge >= 0.3 is 18.0 Å². The number of ketones is 1. The number of methoxy groups -OCH3 is 1. The molecule has 3 unspecified atom stereocenters. The van der Waals surface area contributed by atoms with Gasteiger partial charge in [-0.2, -0.15) is 0 Å². The van der Waals surface area contributed by atoms with Crippen LogP contribution in [0, 0.1) is 51.0 Å². The number of allylic oxidation sites excluding steroid dienone is 3. The van der Waals surface area contributed by atoms with Crippen LogP contribution in [0.2, 0.25) is 0 Å². The molecule has 1 amide bonds. The molecule has 2 bridgehead atoms. The molecule has 24 heteroatoms. The third kappa shape index (κ3) is 12.3. The number of nitrogens with one attached hydrogen (secondary N) is 1. The first kappa shape index (κ1) is 64.5. The van der Waals surface area contributed by atoms with E-state index in [0.29, 0.717) is 36.7 Å². The Labute approximate surface area is 495 Å². The molecule has 26 atom stereocenters. The quantitative estimate of drug-likeness (QED) is 0.0308. The maximum Gasteiger partial charge on any atom is 0.407 e. The first-order valence-corrected chi connectivity index (χ1v) is 29.9. The first-order valence-electron chi connectivity index (χ1n) is 29.9. The monoisotopic (exact) mass is 1200 g/mol. The van der Waals surface area contributed by atoms with Crippen LogP contribution >= 0.6 is 0 Å². The fourth-order valence-corrected chi connectivity index (χ4v) is 15.5. The van der Waals surface area contributed by atoms with Crippen LogP contribution in [0.5, 0.6) is 0 Å². The highest BCUT2D eigenvalue weighted by Gasteiger charge is 2.65. The molecule has 4 aliphatic carbocycles. The zero-order valence-corrected chi connectivity index (χ0v) is 50.5. The number of aliphatic hydroxyl groups is 4. The van der Waals surface area contributed by atoms with Crippen LogP contribution in [0.1, 0.15) is 128 Å². The number of alkyl carbamates (subject to hydrolysis) is 1. The number of hydrogen-bond acceptors (Lipinski definition) is 22. The number of esters is 2. The number of ether oxygens (including phenoxy) is 11. The summed E-state index contributed by atoms with van der Waals surface area (Å²) < 4.78 is 68.3. The number of fused-ring (bicyclic) bond motifs is 4. The van der Waals surface area contributed by atoms with Crippen molar-refractivity contribution >= 4 is 30.1 Å². The molecule has 0 aromatic rings. The number of carbonyl (C=O) groups is 5. The van der Waals surface area contributed by atoms with E-state index in [-0.39, 0.29) is 43.1 Å². The van der Waals surface area contributed by atoms with Gasteiger partial charge in [-0.05, 0) is 95.8 Å². The molecule has 24 nitrogen and oxygen atoms in total. The van der Waals surface area contributed by atoms with Crippen LogP contribution in [0.25, 0.3) is 0 Å². The van der Waals surface area contributed by atoms with Crippen molar-refractivity contribution in [2.45, 2.75) is 243 Å². The third-order valence-electron chi connectivity index (χ3n) is 19.8. The molecule has 0 aromatic carbocycles. The third-order valence-corrected chi connectivity index (χ3v) is 19.8. The Morgan fingerprint density at radius 1 is 0.788 bits per heavy atom. The SMILES string of the molecule is COC(=O)N[C@H]1[C@H](C)O[C@@H](O[C@@H]2C/C=C(\C)[C@H]3C=CC4[C@@H](O[C@H]5C[C@H](O[C@H]6C[C@H](O)[C@@H](O[C@H]7CC[C@@H](O)[C@H](C)O7)[C@H](C)O6)[C@@H](OC(C)=O)[C@H](C)O5)[C@H](C)C[C@H](C)[C@H]4[C@@]3(C)C(O)=C3C(=O)OC4(CC(C=O)=C[C@H](O)[C@H]4C=C2C)C3=O)CC1(C)[N+](=O)[O-]. The molecule has 9 aliphatic rings. The van der Waals surface area contributed by atoms with Crippen LogP contribution < -0.4 is 5.32 Å². The van der Waals surface area contributed by atoms with Crippen molar-refractivity contribution in [3.63, 3.8) is 0 Å². The van der Waals surface area contributed by atoms with E-state index in [1.165, 1.54) is 19.9 Å². The molecule has 1 spiro atoms. The molecule has 6 fully saturated rings. The Morgan fingerprint density at radius 3 is 2.09 bits per heavy atom. The number of nitrogens with zero attached hydrogens (tertiary/aromatic N) is 1. The average molecular weight is 1200 g/mol. The molecule has 5 N–H and O–H groups in total. The van der Waals surface area contributed by atoms with Gasteiger partial charge in [-0.3, -0.25) is 24.5 Å². The fourth-order valence-electron chi connectivity index (χ4n) is 15.5. The number of Topliss-reactive ketones (excluding diaryl/α,β-unsaturated/α-hetero) is 1.